The smallest absolute Gasteiger partial charge is 0.231 e. The average Bonchev–Trinajstić information content (AvgIpc) is 2.97. The van der Waals surface area contributed by atoms with E-state index < -0.39 is 0 Å². The van der Waals surface area contributed by atoms with Crippen molar-refractivity contribution in [1.29, 1.82) is 0 Å². The number of hydrogen-bond acceptors (Lipinski definition) is 3. The number of fused-ring (bicyclic) bond motifs is 1. The number of nitrogens with zero attached hydrogens (tertiary/aromatic N) is 1. The molecule has 3 rings (SSSR count). The summed E-state index contributed by atoms with van der Waals surface area (Å²) in [4.78, 5) is 13.9. The van der Waals surface area contributed by atoms with Crippen molar-refractivity contribution in [3.05, 3.63) is 59.4 Å². The lowest BCUT2D eigenvalue weighted by atomic mass is 10.1. The Kier molecular flexibility index (Phi) is 3.96. The maximum Gasteiger partial charge on any atom is 0.231 e. The Morgan fingerprint density at radius 1 is 1.09 bits per heavy atom. The fourth-order valence-corrected chi connectivity index (χ4v) is 2.31. The number of rotatable bonds is 4. The lowest BCUT2D eigenvalue weighted by molar-refractivity contribution is -0.129. The molecule has 0 saturated carbocycles. The van der Waals surface area contributed by atoms with E-state index in [0.717, 1.165) is 16.9 Å². The minimum absolute atomic E-state index is 0.0238. The Morgan fingerprint density at radius 2 is 1.77 bits per heavy atom. The van der Waals surface area contributed by atoms with Gasteiger partial charge in [0.15, 0.2) is 11.5 Å². The SMILES string of the molecule is CN(Cc1ccc2c(c1)OCO2)C(=O)Cc1ccc(F)cc1. The van der Waals surface area contributed by atoms with Crippen LogP contribution in [-0.2, 0) is 17.8 Å². The first-order valence-electron chi connectivity index (χ1n) is 6.99. The van der Waals surface area contributed by atoms with Crippen molar-refractivity contribution in [3.63, 3.8) is 0 Å². The molecule has 5 heteroatoms. The Bertz CT molecular complexity index is 685. The molecule has 0 saturated heterocycles. The van der Waals surface area contributed by atoms with Gasteiger partial charge in [0.1, 0.15) is 5.82 Å². The molecular weight excluding hydrogens is 285 g/mol. The van der Waals surface area contributed by atoms with Gasteiger partial charge in [0, 0.05) is 13.6 Å². The zero-order chi connectivity index (χ0) is 15.5. The second-order valence-corrected chi connectivity index (χ2v) is 5.24. The zero-order valence-corrected chi connectivity index (χ0v) is 12.2. The number of carbonyl (C=O) groups excluding carboxylic acids is 1. The van der Waals surface area contributed by atoms with Gasteiger partial charge in [-0.05, 0) is 35.4 Å². The Hall–Kier alpha value is -2.56. The number of hydrogen-bond donors (Lipinski definition) is 0. The van der Waals surface area contributed by atoms with Crippen LogP contribution in [0.1, 0.15) is 11.1 Å². The highest BCUT2D eigenvalue weighted by atomic mass is 19.1. The van der Waals surface area contributed by atoms with Crippen molar-refractivity contribution in [2.24, 2.45) is 0 Å². The third-order valence-corrected chi connectivity index (χ3v) is 3.55. The first-order valence-corrected chi connectivity index (χ1v) is 6.99. The third-order valence-electron chi connectivity index (χ3n) is 3.55. The topological polar surface area (TPSA) is 38.8 Å². The van der Waals surface area contributed by atoms with Crippen LogP contribution in [0.4, 0.5) is 4.39 Å². The Balaban J connectivity index is 1.62. The lowest BCUT2D eigenvalue weighted by Gasteiger charge is -2.17. The van der Waals surface area contributed by atoms with Crippen molar-refractivity contribution in [2.75, 3.05) is 13.8 Å². The van der Waals surface area contributed by atoms with Crippen molar-refractivity contribution >= 4 is 5.91 Å². The summed E-state index contributed by atoms with van der Waals surface area (Å²) in [5.41, 5.74) is 1.77. The number of halogens is 1. The molecule has 1 amide bonds. The van der Waals surface area contributed by atoms with Crippen LogP contribution >= 0.6 is 0 Å². The Morgan fingerprint density at radius 3 is 2.55 bits per heavy atom. The van der Waals surface area contributed by atoms with E-state index in [-0.39, 0.29) is 24.9 Å². The normalized spacial score (nSPS) is 12.3. The van der Waals surface area contributed by atoms with Gasteiger partial charge in [0.05, 0.1) is 6.42 Å². The maximum atomic E-state index is 12.9. The van der Waals surface area contributed by atoms with Crippen molar-refractivity contribution in [2.45, 2.75) is 13.0 Å². The standard InChI is InChI=1S/C17H16FNO3/c1-19(17(20)9-12-2-5-14(18)6-3-12)10-13-4-7-15-16(8-13)22-11-21-15/h2-8H,9-11H2,1H3. The van der Waals surface area contributed by atoms with Gasteiger partial charge in [0.2, 0.25) is 12.7 Å². The highest BCUT2D eigenvalue weighted by Crippen LogP contribution is 2.32. The summed E-state index contributed by atoms with van der Waals surface area (Å²) >= 11 is 0. The first kappa shape index (κ1) is 14.4. The summed E-state index contributed by atoms with van der Waals surface area (Å²) in [6.07, 6.45) is 0.251. The molecule has 2 aromatic rings. The molecular formula is C17H16FNO3. The van der Waals surface area contributed by atoms with E-state index in [9.17, 15) is 9.18 Å². The number of ether oxygens (including phenoxy) is 2. The van der Waals surface area contributed by atoms with Crippen LogP contribution in [0.5, 0.6) is 11.5 Å². The summed E-state index contributed by atoms with van der Waals surface area (Å²) in [5.74, 6) is 1.11. The minimum Gasteiger partial charge on any atom is -0.454 e. The predicted molar refractivity (Wildman–Crippen MR) is 79.1 cm³/mol. The highest BCUT2D eigenvalue weighted by molar-refractivity contribution is 5.78. The summed E-state index contributed by atoms with van der Waals surface area (Å²) in [6, 6.07) is 11.6. The van der Waals surface area contributed by atoms with E-state index in [4.69, 9.17) is 9.47 Å². The zero-order valence-electron chi connectivity index (χ0n) is 12.2. The predicted octanol–water partition coefficient (Wildman–Crippen LogP) is 2.76. The van der Waals surface area contributed by atoms with Crippen molar-refractivity contribution in [3.8, 4) is 11.5 Å². The molecule has 2 aromatic carbocycles. The molecule has 1 aliphatic rings. The second kappa shape index (κ2) is 6.05. The van der Waals surface area contributed by atoms with Gasteiger partial charge >= 0.3 is 0 Å². The molecule has 1 aliphatic heterocycles. The molecule has 0 bridgehead atoms. The Labute approximate surface area is 128 Å². The minimum atomic E-state index is -0.301. The number of benzene rings is 2. The quantitative estimate of drug-likeness (QED) is 0.871. The second-order valence-electron chi connectivity index (χ2n) is 5.24. The number of likely N-dealkylation sites (N-methyl/N-ethyl adjacent to an activating group) is 1. The van der Waals surface area contributed by atoms with E-state index in [1.165, 1.54) is 12.1 Å². The molecule has 114 valence electrons. The van der Waals surface area contributed by atoms with Crippen LogP contribution < -0.4 is 9.47 Å². The molecule has 22 heavy (non-hydrogen) atoms. The van der Waals surface area contributed by atoms with E-state index in [0.29, 0.717) is 12.3 Å². The van der Waals surface area contributed by atoms with Crippen LogP contribution in [0.25, 0.3) is 0 Å². The van der Waals surface area contributed by atoms with Gasteiger partial charge in [-0.3, -0.25) is 4.79 Å². The molecule has 0 N–H and O–H groups in total. The van der Waals surface area contributed by atoms with Crippen LogP contribution in [0, 0.1) is 5.82 Å². The molecule has 0 aromatic heterocycles. The van der Waals surface area contributed by atoms with E-state index in [1.54, 1.807) is 24.1 Å². The van der Waals surface area contributed by atoms with Crippen molar-refractivity contribution in [1.82, 2.24) is 4.90 Å². The summed E-state index contributed by atoms with van der Waals surface area (Å²) in [7, 11) is 1.75. The molecule has 0 atom stereocenters. The number of carbonyl (C=O) groups is 1. The van der Waals surface area contributed by atoms with Crippen LogP contribution in [0.3, 0.4) is 0 Å². The summed E-state index contributed by atoms with van der Waals surface area (Å²) < 4.78 is 23.4. The summed E-state index contributed by atoms with van der Waals surface area (Å²) in [6.45, 7) is 0.717. The molecule has 0 radical (unpaired) electrons. The van der Waals surface area contributed by atoms with Crippen LogP contribution in [0.15, 0.2) is 42.5 Å². The molecule has 0 spiro atoms. The largest absolute Gasteiger partial charge is 0.454 e. The maximum absolute atomic E-state index is 12.9. The monoisotopic (exact) mass is 301 g/mol. The van der Waals surface area contributed by atoms with Crippen LogP contribution in [0.2, 0.25) is 0 Å². The molecule has 1 heterocycles. The van der Waals surface area contributed by atoms with Gasteiger partial charge in [-0.15, -0.1) is 0 Å². The molecule has 0 unspecified atom stereocenters. The van der Waals surface area contributed by atoms with E-state index in [1.807, 2.05) is 18.2 Å². The van der Waals surface area contributed by atoms with Gasteiger partial charge in [0.25, 0.3) is 0 Å². The average molecular weight is 301 g/mol. The molecule has 0 fully saturated rings. The van der Waals surface area contributed by atoms with E-state index >= 15 is 0 Å². The van der Waals surface area contributed by atoms with E-state index in [2.05, 4.69) is 0 Å². The fraction of sp³-hybridized carbons (Fsp3) is 0.235. The van der Waals surface area contributed by atoms with Gasteiger partial charge in [-0.2, -0.15) is 0 Å². The van der Waals surface area contributed by atoms with Crippen LogP contribution in [-0.4, -0.2) is 24.6 Å². The molecule has 0 aliphatic carbocycles. The first-order chi connectivity index (χ1) is 10.6. The summed E-state index contributed by atoms with van der Waals surface area (Å²) in [5, 5.41) is 0. The van der Waals surface area contributed by atoms with Gasteiger partial charge in [-0.1, -0.05) is 18.2 Å². The van der Waals surface area contributed by atoms with Crippen molar-refractivity contribution < 1.29 is 18.7 Å². The number of amides is 1. The third kappa shape index (κ3) is 3.19. The highest BCUT2D eigenvalue weighted by Gasteiger charge is 2.15. The fourth-order valence-electron chi connectivity index (χ4n) is 2.31. The molecule has 4 nitrogen and oxygen atoms in total. The van der Waals surface area contributed by atoms with Gasteiger partial charge < -0.3 is 14.4 Å². The van der Waals surface area contributed by atoms with Gasteiger partial charge in [-0.25, -0.2) is 4.39 Å². The lowest BCUT2D eigenvalue weighted by Crippen LogP contribution is -2.27.